The SMILES string of the molecule is CCOC(=O)C(NCCN=[N+]=[N-])c1cccc(Br)c1. The molecule has 0 fully saturated rings. The van der Waals surface area contributed by atoms with Crippen molar-refractivity contribution in [3.63, 3.8) is 0 Å². The van der Waals surface area contributed by atoms with Gasteiger partial charge >= 0.3 is 5.97 Å². The van der Waals surface area contributed by atoms with Crippen LogP contribution >= 0.6 is 15.9 Å². The first-order valence-corrected chi connectivity index (χ1v) is 6.64. The van der Waals surface area contributed by atoms with Crippen molar-refractivity contribution < 1.29 is 9.53 Å². The van der Waals surface area contributed by atoms with Crippen LogP contribution in [-0.2, 0) is 9.53 Å². The number of azide groups is 1. The molecular formula is C12H15BrN4O2. The highest BCUT2D eigenvalue weighted by atomic mass is 79.9. The fourth-order valence-electron chi connectivity index (χ4n) is 1.55. The Bertz CT molecular complexity index is 475. The minimum Gasteiger partial charge on any atom is -0.465 e. The molecule has 0 aliphatic rings. The molecule has 19 heavy (non-hydrogen) atoms. The van der Waals surface area contributed by atoms with Crippen LogP contribution < -0.4 is 5.32 Å². The van der Waals surface area contributed by atoms with E-state index in [2.05, 4.69) is 31.3 Å². The van der Waals surface area contributed by atoms with Crippen LogP contribution in [-0.4, -0.2) is 25.7 Å². The first-order valence-electron chi connectivity index (χ1n) is 5.85. The van der Waals surface area contributed by atoms with Gasteiger partial charge in [-0.25, -0.2) is 4.79 Å². The van der Waals surface area contributed by atoms with Crippen molar-refractivity contribution >= 4 is 21.9 Å². The third-order valence-corrected chi connectivity index (χ3v) is 2.82. The van der Waals surface area contributed by atoms with E-state index in [1.54, 1.807) is 6.92 Å². The number of carbonyl (C=O) groups excluding carboxylic acids is 1. The summed E-state index contributed by atoms with van der Waals surface area (Å²) in [6, 6.07) is 6.85. The first kappa shape index (κ1) is 15.5. The maximum atomic E-state index is 11.9. The Kier molecular flexibility index (Phi) is 6.95. The summed E-state index contributed by atoms with van der Waals surface area (Å²) in [7, 11) is 0. The number of hydrogen-bond donors (Lipinski definition) is 1. The van der Waals surface area contributed by atoms with Gasteiger partial charge in [-0.1, -0.05) is 33.2 Å². The van der Waals surface area contributed by atoms with Gasteiger partial charge in [-0.15, -0.1) is 0 Å². The van der Waals surface area contributed by atoms with E-state index in [4.69, 9.17) is 10.3 Å². The van der Waals surface area contributed by atoms with Crippen LogP contribution in [0.15, 0.2) is 33.9 Å². The Morgan fingerprint density at radius 3 is 3.05 bits per heavy atom. The molecule has 0 aliphatic carbocycles. The van der Waals surface area contributed by atoms with E-state index in [-0.39, 0.29) is 12.5 Å². The van der Waals surface area contributed by atoms with Crippen molar-refractivity contribution in [1.82, 2.24) is 5.32 Å². The normalized spacial score (nSPS) is 11.5. The first-order chi connectivity index (χ1) is 9.19. The minimum absolute atomic E-state index is 0.278. The number of halogens is 1. The van der Waals surface area contributed by atoms with Gasteiger partial charge in [-0.3, -0.25) is 0 Å². The fraction of sp³-hybridized carbons (Fsp3) is 0.417. The number of hydrogen-bond acceptors (Lipinski definition) is 4. The molecule has 102 valence electrons. The lowest BCUT2D eigenvalue weighted by Gasteiger charge is -2.17. The Labute approximate surface area is 119 Å². The van der Waals surface area contributed by atoms with E-state index < -0.39 is 6.04 Å². The Hall–Kier alpha value is -1.56. The summed E-state index contributed by atoms with van der Waals surface area (Å²) >= 11 is 3.37. The zero-order valence-electron chi connectivity index (χ0n) is 10.5. The van der Waals surface area contributed by atoms with Crippen LogP contribution in [0.3, 0.4) is 0 Å². The van der Waals surface area contributed by atoms with Crippen LogP contribution in [0.5, 0.6) is 0 Å². The van der Waals surface area contributed by atoms with E-state index in [9.17, 15) is 4.79 Å². The molecule has 1 unspecified atom stereocenters. The Balaban J connectivity index is 2.79. The topological polar surface area (TPSA) is 87.1 Å². The average molecular weight is 327 g/mol. The third-order valence-electron chi connectivity index (χ3n) is 2.33. The number of nitrogens with zero attached hydrogens (tertiary/aromatic N) is 3. The van der Waals surface area contributed by atoms with Crippen LogP contribution in [0.25, 0.3) is 10.4 Å². The molecule has 0 aliphatic heterocycles. The highest BCUT2D eigenvalue weighted by Gasteiger charge is 2.21. The van der Waals surface area contributed by atoms with Gasteiger partial charge in [0.1, 0.15) is 6.04 Å². The second kappa shape index (κ2) is 8.53. The number of rotatable bonds is 7. The molecule has 1 rings (SSSR count). The molecule has 1 aromatic rings. The molecule has 1 atom stereocenters. The minimum atomic E-state index is -0.564. The van der Waals surface area contributed by atoms with E-state index in [0.717, 1.165) is 10.0 Å². The summed E-state index contributed by atoms with van der Waals surface area (Å²) < 4.78 is 5.92. The number of carbonyl (C=O) groups is 1. The second-order valence-corrected chi connectivity index (χ2v) is 4.56. The molecule has 0 saturated heterocycles. The van der Waals surface area contributed by atoms with Crippen LogP contribution in [0.1, 0.15) is 18.5 Å². The second-order valence-electron chi connectivity index (χ2n) is 3.65. The highest BCUT2D eigenvalue weighted by Crippen LogP contribution is 2.19. The number of benzene rings is 1. The largest absolute Gasteiger partial charge is 0.465 e. The van der Waals surface area contributed by atoms with Crippen molar-refractivity contribution in [3.05, 3.63) is 44.7 Å². The van der Waals surface area contributed by atoms with Gasteiger partial charge in [0.05, 0.1) is 6.61 Å². The van der Waals surface area contributed by atoms with Gasteiger partial charge in [-0.05, 0) is 30.2 Å². The molecule has 0 aromatic heterocycles. The summed E-state index contributed by atoms with van der Waals surface area (Å²) in [6.07, 6.45) is 0. The van der Waals surface area contributed by atoms with E-state index in [0.29, 0.717) is 13.2 Å². The van der Waals surface area contributed by atoms with Crippen LogP contribution in [0, 0.1) is 0 Å². The monoisotopic (exact) mass is 326 g/mol. The van der Waals surface area contributed by atoms with Crippen molar-refractivity contribution in [2.75, 3.05) is 19.7 Å². The summed E-state index contributed by atoms with van der Waals surface area (Å²) in [6.45, 7) is 2.76. The predicted octanol–water partition coefficient (Wildman–Crippen LogP) is 2.95. The van der Waals surface area contributed by atoms with Gasteiger partial charge in [-0.2, -0.15) is 0 Å². The lowest BCUT2D eigenvalue weighted by molar-refractivity contribution is -0.145. The molecule has 1 N–H and O–H groups in total. The summed E-state index contributed by atoms with van der Waals surface area (Å²) in [5, 5.41) is 6.44. The molecule has 0 amide bonds. The predicted molar refractivity (Wildman–Crippen MR) is 75.5 cm³/mol. The van der Waals surface area contributed by atoms with Crippen LogP contribution in [0.4, 0.5) is 0 Å². The van der Waals surface area contributed by atoms with Gasteiger partial charge in [0.2, 0.25) is 0 Å². The zero-order chi connectivity index (χ0) is 14.1. The van der Waals surface area contributed by atoms with E-state index in [1.165, 1.54) is 0 Å². The molecule has 6 nitrogen and oxygen atoms in total. The third kappa shape index (κ3) is 5.30. The molecule has 0 radical (unpaired) electrons. The quantitative estimate of drug-likeness (QED) is 0.275. The standard InChI is InChI=1S/C12H15BrN4O2/c1-2-19-12(18)11(15-6-7-16-17-14)9-4-3-5-10(13)8-9/h3-5,8,11,15H,2,6-7H2,1H3. The van der Waals surface area contributed by atoms with E-state index >= 15 is 0 Å². The van der Waals surface area contributed by atoms with Gasteiger partial charge < -0.3 is 10.1 Å². The molecule has 1 aromatic carbocycles. The van der Waals surface area contributed by atoms with Gasteiger partial charge in [0.15, 0.2) is 0 Å². The van der Waals surface area contributed by atoms with Crippen molar-refractivity contribution in [2.24, 2.45) is 5.11 Å². The molecule has 7 heteroatoms. The van der Waals surface area contributed by atoms with Crippen LogP contribution in [0.2, 0.25) is 0 Å². The average Bonchev–Trinajstić information content (AvgIpc) is 2.39. The summed E-state index contributed by atoms with van der Waals surface area (Å²) in [5.41, 5.74) is 9.01. The van der Waals surface area contributed by atoms with Gasteiger partial charge in [0.25, 0.3) is 0 Å². The van der Waals surface area contributed by atoms with Gasteiger partial charge in [0, 0.05) is 22.5 Å². The molecule has 0 spiro atoms. The number of nitrogens with one attached hydrogen (secondary N) is 1. The number of esters is 1. The Morgan fingerprint density at radius 1 is 1.63 bits per heavy atom. The van der Waals surface area contributed by atoms with Crippen molar-refractivity contribution in [2.45, 2.75) is 13.0 Å². The maximum absolute atomic E-state index is 11.9. The molecule has 0 saturated carbocycles. The number of ether oxygens (including phenoxy) is 1. The lowest BCUT2D eigenvalue weighted by Crippen LogP contribution is -2.32. The molecule has 0 heterocycles. The van der Waals surface area contributed by atoms with Crippen molar-refractivity contribution in [3.8, 4) is 0 Å². The Morgan fingerprint density at radius 2 is 2.42 bits per heavy atom. The van der Waals surface area contributed by atoms with E-state index in [1.807, 2.05) is 24.3 Å². The molecule has 0 bridgehead atoms. The lowest BCUT2D eigenvalue weighted by atomic mass is 10.1. The smallest absolute Gasteiger partial charge is 0.327 e. The summed E-state index contributed by atoms with van der Waals surface area (Å²) in [5.74, 6) is -0.346. The van der Waals surface area contributed by atoms with Crippen molar-refractivity contribution in [1.29, 1.82) is 0 Å². The summed E-state index contributed by atoms with van der Waals surface area (Å²) in [4.78, 5) is 14.6. The molecular weight excluding hydrogens is 312 g/mol. The fourth-order valence-corrected chi connectivity index (χ4v) is 1.97. The maximum Gasteiger partial charge on any atom is 0.327 e. The zero-order valence-corrected chi connectivity index (χ0v) is 12.1. The highest BCUT2D eigenvalue weighted by molar-refractivity contribution is 9.10.